The molecule has 0 bridgehead atoms. The molecule has 2 aromatic carbocycles. The van der Waals surface area contributed by atoms with Crippen LogP contribution in [0.2, 0.25) is 0 Å². The van der Waals surface area contributed by atoms with Gasteiger partial charge in [-0.1, -0.05) is 62.2 Å². The number of hydrogen-bond acceptors (Lipinski definition) is 3. The summed E-state index contributed by atoms with van der Waals surface area (Å²) in [6.45, 7) is 1.97. The smallest absolute Gasteiger partial charge is 0.261 e. The summed E-state index contributed by atoms with van der Waals surface area (Å²) in [5.41, 5.74) is 1.08. The van der Waals surface area contributed by atoms with Gasteiger partial charge in [0.15, 0.2) is 18.2 Å². The summed E-state index contributed by atoms with van der Waals surface area (Å²) < 4.78 is 19.3. The molecule has 2 aromatic rings. The van der Waals surface area contributed by atoms with E-state index in [0.717, 1.165) is 31.2 Å². The van der Waals surface area contributed by atoms with Crippen LogP contribution in [0.4, 0.5) is 4.39 Å². The Kier molecular flexibility index (Phi) is 8.44. The number of carbonyl (C=O) groups is 2. The van der Waals surface area contributed by atoms with Crippen molar-refractivity contribution in [2.45, 2.75) is 57.5 Å². The number of para-hydroxylation sites is 1. The summed E-state index contributed by atoms with van der Waals surface area (Å²) in [5, 5.41) is 3.11. The van der Waals surface area contributed by atoms with Crippen molar-refractivity contribution in [3.8, 4) is 5.75 Å². The summed E-state index contributed by atoms with van der Waals surface area (Å²) in [6, 6.07) is 15.4. The van der Waals surface area contributed by atoms with Gasteiger partial charge in [0.2, 0.25) is 5.91 Å². The Hall–Kier alpha value is -2.89. The van der Waals surface area contributed by atoms with E-state index in [1.165, 1.54) is 12.1 Å². The highest BCUT2D eigenvalue weighted by molar-refractivity contribution is 5.88. The summed E-state index contributed by atoms with van der Waals surface area (Å²) >= 11 is 0. The van der Waals surface area contributed by atoms with Crippen molar-refractivity contribution in [1.82, 2.24) is 10.2 Å². The van der Waals surface area contributed by atoms with Gasteiger partial charge in [-0.15, -0.1) is 0 Å². The lowest BCUT2D eigenvalue weighted by Gasteiger charge is -2.31. The van der Waals surface area contributed by atoms with Gasteiger partial charge in [0.1, 0.15) is 6.04 Å². The minimum absolute atomic E-state index is 0.0299. The number of nitrogens with one attached hydrogen (secondary N) is 1. The van der Waals surface area contributed by atoms with Crippen LogP contribution in [0.5, 0.6) is 5.75 Å². The molecule has 0 spiro atoms. The molecule has 1 N–H and O–H groups in total. The summed E-state index contributed by atoms with van der Waals surface area (Å²) in [5.74, 6) is -0.936. The van der Waals surface area contributed by atoms with Crippen molar-refractivity contribution in [2.24, 2.45) is 0 Å². The van der Waals surface area contributed by atoms with Crippen LogP contribution in [-0.2, 0) is 16.0 Å². The van der Waals surface area contributed by atoms with Crippen LogP contribution >= 0.6 is 0 Å². The lowest BCUT2D eigenvalue weighted by atomic mass is 10.1. The van der Waals surface area contributed by atoms with E-state index in [9.17, 15) is 14.0 Å². The Morgan fingerprint density at radius 3 is 2.45 bits per heavy atom. The van der Waals surface area contributed by atoms with E-state index in [-0.39, 0.29) is 30.2 Å². The maximum atomic E-state index is 13.9. The first kappa shape index (κ1) is 22.8. The minimum atomic E-state index is -0.582. The van der Waals surface area contributed by atoms with Crippen LogP contribution in [0.15, 0.2) is 54.6 Å². The highest BCUT2D eigenvalue weighted by Crippen LogP contribution is 2.19. The molecule has 0 radical (unpaired) electrons. The Morgan fingerprint density at radius 1 is 1.10 bits per heavy atom. The monoisotopic (exact) mass is 426 g/mol. The van der Waals surface area contributed by atoms with E-state index in [4.69, 9.17) is 4.74 Å². The van der Waals surface area contributed by atoms with Crippen molar-refractivity contribution in [3.63, 3.8) is 0 Å². The van der Waals surface area contributed by atoms with E-state index in [1.807, 2.05) is 37.3 Å². The Bertz CT molecular complexity index is 853. The number of carbonyl (C=O) groups excluding carboxylic acids is 2. The van der Waals surface area contributed by atoms with Gasteiger partial charge in [-0.05, 0) is 43.4 Å². The highest BCUT2D eigenvalue weighted by atomic mass is 19.1. The van der Waals surface area contributed by atoms with E-state index < -0.39 is 11.9 Å². The van der Waals surface area contributed by atoms with Gasteiger partial charge in [-0.3, -0.25) is 9.59 Å². The molecule has 0 heterocycles. The summed E-state index contributed by atoms with van der Waals surface area (Å²) in [7, 11) is 0. The van der Waals surface area contributed by atoms with Crippen LogP contribution in [0.3, 0.4) is 0 Å². The molecular weight excluding hydrogens is 395 g/mol. The zero-order chi connectivity index (χ0) is 22.1. The Balaban J connectivity index is 1.70. The fraction of sp³-hybridized carbons (Fsp3) is 0.440. The molecule has 0 aromatic heterocycles. The van der Waals surface area contributed by atoms with Gasteiger partial charge in [0.25, 0.3) is 5.91 Å². The number of halogens is 1. The van der Waals surface area contributed by atoms with Crippen molar-refractivity contribution < 1.29 is 18.7 Å². The largest absolute Gasteiger partial charge is 0.481 e. The fourth-order valence-electron chi connectivity index (χ4n) is 4.05. The quantitative estimate of drug-likeness (QED) is 0.622. The highest BCUT2D eigenvalue weighted by Gasteiger charge is 2.30. The second-order valence-corrected chi connectivity index (χ2v) is 7.96. The molecule has 1 unspecified atom stereocenters. The predicted molar refractivity (Wildman–Crippen MR) is 118 cm³/mol. The molecule has 1 saturated carbocycles. The van der Waals surface area contributed by atoms with Gasteiger partial charge >= 0.3 is 0 Å². The number of amides is 2. The van der Waals surface area contributed by atoms with Crippen LogP contribution in [0.25, 0.3) is 0 Å². The molecule has 1 fully saturated rings. The van der Waals surface area contributed by atoms with Crippen molar-refractivity contribution in [3.05, 3.63) is 66.0 Å². The third kappa shape index (κ3) is 6.54. The zero-order valence-electron chi connectivity index (χ0n) is 18.1. The third-order valence-electron chi connectivity index (χ3n) is 5.76. The maximum Gasteiger partial charge on any atom is 0.261 e. The van der Waals surface area contributed by atoms with Gasteiger partial charge in [-0.25, -0.2) is 4.39 Å². The second-order valence-electron chi connectivity index (χ2n) is 7.96. The van der Waals surface area contributed by atoms with E-state index in [0.29, 0.717) is 19.4 Å². The summed E-state index contributed by atoms with van der Waals surface area (Å²) in [4.78, 5) is 27.7. The average molecular weight is 427 g/mol. The van der Waals surface area contributed by atoms with E-state index >= 15 is 0 Å². The van der Waals surface area contributed by atoms with Gasteiger partial charge in [0.05, 0.1) is 0 Å². The van der Waals surface area contributed by atoms with Gasteiger partial charge in [-0.2, -0.15) is 0 Å². The first-order valence-corrected chi connectivity index (χ1v) is 11.1. The molecule has 5 nitrogen and oxygen atoms in total. The molecule has 166 valence electrons. The molecule has 31 heavy (non-hydrogen) atoms. The van der Waals surface area contributed by atoms with Gasteiger partial charge < -0.3 is 15.0 Å². The molecular formula is C25H31FN2O3. The molecule has 6 heteroatoms. The molecule has 3 rings (SSSR count). The number of ether oxygens (including phenoxy) is 1. The van der Waals surface area contributed by atoms with Crippen LogP contribution in [0, 0.1) is 5.82 Å². The third-order valence-corrected chi connectivity index (χ3v) is 5.76. The van der Waals surface area contributed by atoms with E-state index in [1.54, 1.807) is 17.0 Å². The lowest BCUT2D eigenvalue weighted by molar-refractivity contribution is -0.142. The number of hydrogen-bond donors (Lipinski definition) is 1. The molecule has 2 amide bonds. The fourth-order valence-corrected chi connectivity index (χ4v) is 4.05. The topological polar surface area (TPSA) is 58.6 Å². The number of benzene rings is 2. The SMILES string of the molecule is CCC(C(=O)NC1CCCC1)N(CCc1ccccc1)C(=O)COc1ccccc1F. The Labute approximate surface area is 183 Å². The van der Waals surface area contributed by atoms with E-state index in [2.05, 4.69) is 5.32 Å². The standard InChI is InChI=1S/C25H31FN2O3/c1-2-22(25(30)27-20-12-6-7-13-20)28(17-16-19-10-4-3-5-11-19)24(29)18-31-23-15-9-8-14-21(23)26/h3-5,8-11,14-15,20,22H,2,6-7,12-13,16-18H2,1H3,(H,27,30). The molecule has 0 saturated heterocycles. The first-order chi connectivity index (χ1) is 15.1. The predicted octanol–water partition coefficient (Wildman–Crippen LogP) is 4.11. The van der Waals surface area contributed by atoms with Crippen LogP contribution in [0.1, 0.15) is 44.6 Å². The first-order valence-electron chi connectivity index (χ1n) is 11.1. The van der Waals surface area contributed by atoms with Crippen LogP contribution < -0.4 is 10.1 Å². The van der Waals surface area contributed by atoms with Crippen molar-refractivity contribution in [1.29, 1.82) is 0 Å². The van der Waals surface area contributed by atoms with Crippen molar-refractivity contribution in [2.75, 3.05) is 13.2 Å². The summed E-state index contributed by atoms with van der Waals surface area (Å²) in [6.07, 6.45) is 5.33. The van der Waals surface area contributed by atoms with Crippen molar-refractivity contribution >= 4 is 11.8 Å². The molecule has 1 aliphatic rings. The average Bonchev–Trinajstić information content (AvgIpc) is 3.29. The second kappa shape index (κ2) is 11.5. The minimum Gasteiger partial charge on any atom is -0.481 e. The number of rotatable bonds is 10. The Morgan fingerprint density at radius 2 is 1.77 bits per heavy atom. The maximum absolute atomic E-state index is 13.9. The number of nitrogens with zero attached hydrogens (tertiary/aromatic N) is 1. The molecule has 0 aliphatic heterocycles. The molecule has 1 aliphatic carbocycles. The van der Waals surface area contributed by atoms with Crippen LogP contribution in [-0.4, -0.2) is 41.9 Å². The van der Waals surface area contributed by atoms with Gasteiger partial charge in [0, 0.05) is 12.6 Å². The molecule has 1 atom stereocenters. The zero-order valence-corrected chi connectivity index (χ0v) is 18.1. The normalized spacial score (nSPS) is 14.8. The lowest BCUT2D eigenvalue weighted by Crippen LogP contribution is -2.53.